The van der Waals surface area contributed by atoms with Crippen LogP contribution in [0.1, 0.15) is 19.4 Å². The Kier molecular flexibility index (Phi) is 5.47. The molecule has 20 heavy (non-hydrogen) atoms. The number of hydrogen-bond donors (Lipinski definition) is 1. The third-order valence-corrected chi connectivity index (χ3v) is 3.10. The molecule has 0 aliphatic carbocycles. The van der Waals surface area contributed by atoms with E-state index in [2.05, 4.69) is 18.7 Å². The lowest BCUT2D eigenvalue weighted by molar-refractivity contribution is -0.385. The van der Waals surface area contributed by atoms with Crippen molar-refractivity contribution in [1.82, 2.24) is 4.90 Å². The third kappa shape index (κ3) is 4.79. The summed E-state index contributed by atoms with van der Waals surface area (Å²) >= 11 is 0. The molecule has 0 amide bonds. The van der Waals surface area contributed by atoms with E-state index in [1.165, 1.54) is 13.2 Å². The topological polar surface area (TPSA) is 81.6 Å². The molecule has 0 bridgehead atoms. The van der Waals surface area contributed by atoms with Crippen molar-refractivity contribution in [2.24, 2.45) is 11.1 Å². The van der Waals surface area contributed by atoms with Crippen LogP contribution in [0.25, 0.3) is 0 Å². The molecule has 0 heterocycles. The highest BCUT2D eigenvalue weighted by Gasteiger charge is 2.19. The van der Waals surface area contributed by atoms with Gasteiger partial charge in [0.2, 0.25) is 0 Å². The molecule has 6 heteroatoms. The van der Waals surface area contributed by atoms with Crippen LogP contribution in [-0.4, -0.2) is 37.1 Å². The molecule has 1 rings (SSSR count). The van der Waals surface area contributed by atoms with Gasteiger partial charge in [-0.1, -0.05) is 13.8 Å². The minimum absolute atomic E-state index is 0.0134. The molecule has 0 aliphatic rings. The molecular weight excluding hydrogens is 258 g/mol. The van der Waals surface area contributed by atoms with E-state index in [9.17, 15) is 10.1 Å². The number of hydrogen-bond acceptors (Lipinski definition) is 5. The molecule has 0 aromatic heterocycles. The first-order valence-corrected chi connectivity index (χ1v) is 6.48. The standard InChI is InChI=1S/C14H23N3O3/c1-14(2,9-15)10-16(3)8-11-5-12(17(18)19)7-13(6-11)20-4/h5-7H,8-10,15H2,1-4H3. The lowest BCUT2D eigenvalue weighted by Crippen LogP contribution is -2.36. The van der Waals surface area contributed by atoms with Crippen molar-refractivity contribution >= 4 is 5.69 Å². The zero-order chi connectivity index (χ0) is 15.3. The molecule has 0 unspecified atom stereocenters. The van der Waals surface area contributed by atoms with Gasteiger partial charge in [0.1, 0.15) is 5.75 Å². The number of nitrogens with two attached hydrogens (primary N) is 1. The Labute approximate surface area is 119 Å². The summed E-state index contributed by atoms with van der Waals surface area (Å²) in [6, 6.07) is 4.82. The molecular formula is C14H23N3O3. The number of nitrogens with zero attached hydrogens (tertiary/aromatic N) is 2. The highest BCUT2D eigenvalue weighted by Crippen LogP contribution is 2.24. The summed E-state index contributed by atoms with van der Waals surface area (Å²) in [5, 5.41) is 10.9. The second kappa shape index (κ2) is 6.67. The summed E-state index contributed by atoms with van der Waals surface area (Å²) < 4.78 is 5.11. The molecule has 0 spiro atoms. The highest BCUT2D eigenvalue weighted by atomic mass is 16.6. The van der Waals surface area contributed by atoms with Crippen molar-refractivity contribution < 1.29 is 9.66 Å². The normalized spacial score (nSPS) is 11.7. The summed E-state index contributed by atoms with van der Waals surface area (Å²) in [5.41, 5.74) is 6.64. The molecule has 0 radical (unpaired) electrons. The number of rotatable bonds is 7. The van der Waals surface area contributed by atoms with Crippen LogP contribution in [-0.2, 0) is 6.54 Å². The van der Waals surface area contributed by atoms with Gasteiger partial charge in [0.25, 0.3) is 5.69 Å². The van der Waals surface area contributed by atoms with Crippen molar-refractivity contribution in [2.75, 3.05) is 27.2 Å². The highest BCUT2D eigenvalue weighted by molar-refractivity contribution is 5.42. The molecule has 0 aliphatic heterocycles. The van der Waals surface area contributed by atoms with Gasteiger partial charge in [0.05, 0.1) is 18.1 Å². The van der Waals surface area contributed by atoms with Crippen LogP contribution in [0, 0.1) is 15.5 Å². The fraction of sp³-hybridized carbons (Fsp3) is 0.571. The zero-order valence-corrected chi connectivity index (χ0v) is 12.5. The lowest BCUT2D eigenvalue weighted by atomic mass is 9.93. The van der Waals surface area contributed by atoms with E-state index < -0.39 is 4.92 Å². The Morgan fingerprint density at radius 3 is 2.55 bits per heavy atom. The predicted molar refractivity (Wildman–Crippen MR) is 78.8 cm³/mol. The molecule has 6 nitrogen and oxygen atoms in total. The minimum atomic E-state index is -0.407. The van der Waals surface area contributed by atoms with Crippen LogP contribution in [0.4, 0.5) is 5.69 Å². The monoisotopic (exact) mass is 281 g/mol. The molecule has 0 saturated heterocycles. The first-order valence-electron chi connectivity index (χ1n) is 6.48. The van der Waals surface area contributed by atoms with Gasteiger partial charge in [-0.2, -0.15) is 0 Å². The van der Waals surface area contributed by atoms with Gasteiger partial charge in [0.15, 0.2) is 0 Å². The van der Waals surface area contributed by atoms with Crippen molar-refractivity contribution in [3.63, 3.8) is 0 Å². The maximum absolute atomic E-state index is 10.9. The van der Waals surface area contributed by atoms with E-state index in [-0.39, 0.29) is 11.1 Å². The average Bonchev–Trinajstić information content (AvgIpc) is 2.37. The van der Waals surface area contributed by atoms with Crippen LogP contribution in [0.2, 0.25) is 0 Å². The molecule has 1 aromatic rings. The summed E-state index contributed by atoms with van der Waals surface area (Å²) in [7, 11) is 3.48. The largest absolute Gasteiger partial charge is 0.496 e. The maximum Gasteiger partial charge on any atom is 0.273 e. The van der Waals surface area contributed by atoms with Crippen molar-refractivity contribution in [3.8, 4) is 5.75 Å². The maximum atomic E-state index is 10.9. The van der Waals surface area contributed by atoms with Gasteiger partial charge < -0.3 is 15.4 Å². The van der Waals surface area contributed by atoms with Crippen LogP contribution in [0.15, 0.2) is 18.2 Å². The molecule has 0 fully saturated rings. The van der Waals surface area contributed by atoms with Gasteiger partial charge in [-0.25, -0.2) is 0 Å². The van der Waals surface area contributed by atoms with Crippen molar-refractivity contribution in [2.45, 2.75) is 20.4 Å². The van der Waals surface area contributed by atoms with E-state index in [0.717, 1.165) is 12.1 Å². The third-order valence-electron chi connectivity index (χ3n) is 3.10. The second-order valence-electron chi connectivity index (χ2n) is 5.84. The minimum Gasteiger partial charge on any atom is -0.496 e. The van der Waals surface area contributed by atoms with E-state index in [1.54, 1.807) is 6.07 Å². The molecule has 0 saturated carbocycles. The van der Waals surface area contributed by atoms with E-state index in [0.29, 0.717) is 18.8 Å². The number of ether oxygens (including phenoxy) is 1. The van der Waals surface area contributed by atoms with Gasteiger partial charge in [-0.15, -0.1) is 0 Å². The summed E-state index contributed by atoms with van der Waals surface area (Å²) in [4.78, 5) is 12.6. The Balaban J connectivity index is 2.86. The fourth-order valence-electron chi connectivity index (χ4n) is 2.12. The number of nitro benzene ring substituents is 1. The van der Waals surface area contributed by atoms with Gasteiger partial charge in [0, 0.05) is 19.2 Å². The summed E-state index contributed by atoms with van der Waals surface area (Å²) in [6.45, 7) is 6.21. The van der Waals surface area contributed by atoms with Crippen LogP contribution in [0.3, 0.4) is 0 Å². The average molecular weight is 281 g/mol. The Morgan fingerprint density at radius 2 is 2.05 bits per heavy atom. The van der Waals surface area contributed by atoms with Crippen LogP contribution >= 0.6 is 0 Å². The van der Waals surface area contributed by atoms with Crippen molar-refractivity contribution in [3.05, 3.63) is 33.9 Å². The first kappa shape index (κ1) is 16.4. The van der Waals surface area contributed by atoms with Crippen molar-refractivity contribution in [1.29, 1.82) is 0 Å². The Hall–Kier alpha value is -1.66. The summed E-state index contributed by atoms with van der Waals surface area (Å²) in [5.74, 6) is 0.501. The lowest BCUT2D eigenvalue weighted by Gasteiger charge is -2.29. The fourth-order valence-corrected chi connectivity index (χ4v) is 2.12. The van der Waals surface area contributed by atoms with Gasteiger partial charge >= 0.3 is 0 Å². The zero-order valence-electron chi connectivity index (χ0n) is 12.5. The SMILES string of the molecule is COc1cc(CN(C)CC(C)(C)CN)cc([N+](=O)[O-])c1. The van der Waals surface area contributed by atoms with Crippen LogP contribution in [0.5, 0.6) is 5.75 Å². The number of nitro groups is 1. The smallest absolute Gasteiger partial charge is 0.273 e. The van der Waals surface area contributed by atoms with Gasteiger partial charge in [-0.05, 0) is 30.6 Å². The first-order chi connectivity index (χ1) is 9.27. The number of non-ortho nitro benzene ring substituents is 1. The predicted octanol–water partition coefficient (Wildman–Crippen LogP) is 2.02. The quantitative estimate of drug-likeness (QED) is 0.611. The van der Waals surface area contributed by atoms with Gasteiger partial charge in [-0.3, -0.25) is 10.1 Å². The van der Waals surface area contributed by atoms with E-state index >= 15 is 0 Å². The van der Waals surface area contributed by atoms with E-state index in [4.69, 9.17) is 10.5 Å². The second-order valence-corrected chi connectivity index (χ2v) is 5.84. The Morgan fingerprint density at radius 1 is 1.40 bits per heavy atom. The summed E-state index contributed by atoms with van der Waals surface area (Å²) in [6.07, 6.45) is 0. The molecule has 2 N–H and O–H groups in total. The Bertz CT molecular complexity index is 475. The van der Waals surface area contributed by atoms with Crippen LogP contribution < -0.4 is 10.5 Å². The molecule has 112 valence electrons. The number of benzene rings is 1. The van der Waals surface area contributed by atoms with E-state index in [1.807, 2.05) is 13.1 Å². The number of methoxy groups -OCH3 is 1. The molecule has 0 atom stereocenters. The molecule has 1 aromatic carbocycles.